The van der Waals surface area contributed by atoms with Gasteiger partial charge in [-0.1, -0.05) is 55.9 Å². The quantitative estimate of drug-likeness (QED) is 0.405. The summed E-state index contributed by atoms with van der Waals surface area (Å²) in [5.41, 5.74) is 4.40. The van der Waals surface area contributed by atoms with Gasteiger partial charge >= 0.3 is 0 Å². The Balaban J connectivity index is 1.67. The smallest absolute Gasteiger partial charge is 0.234 e. The minimum absolute atomic E-state index is 0.0399. The van der Waals surface area contributed by atoms with Crippen molar-refractivity contribution in [3.05, 3.63) is 65.0 Å². The molecule has 0 aliphatic rings. The fraction of sp³-hybridized carbons (Fsp3) is 0.400. The number of para-hydroxylation sites is 1. The molecule has 1 amide bonds. The number of carbonyl (C=O) groups excluding carboxylic acids is 1. The predicted octanol–water partition coefficient (Wildman–Crippen LogP) is 5.60. The molecule has 1 unspecified atom stereocenters. The van der Waals surface area contributed by atoms with Crippen molar-refractivity contribution in [2.75, 3.05) is 11.1 Å². The highest BCUT2D eigenvalue weighted by Crippen LogP contribution is 2.26. The zero-order chi connectivity index (χ0) is 23.1. The zero-order valence-electron chi connectivity index (χ0n) is 19.5. The van der Waals surface area contributed by atoms with E-state index in [9.17, 15) is 4.79 Å². The van der Waals surface area contributed by atoms with Crippen molar-refractivity contribution in [2.24, 2.45) is 0 Å². The second-order valence-corrected chi connectivity index (χ2v) is 8.60. The van der Waals surface area contributed by atoms with Gasteiger partial charge in [0, 0.05) is 12.2 Å². The van der Waals surface area contributed by atoms with E-state index < -0.39 is 0 Å². The van der Waals surface area contributed by atoms with Gasteiger partial charge in [0.05, 0.1) is 5.75 Å². The van der Waals surface area contributed by atoms with E-state index in [-0.39, 0.29) is 17.8 Å². The average molecular weight is 453 g/mol. The van der Waals surface area contributed by atoms with Crippen molar-refractivity contribution in [2.45, 2.75) is 65.3 Å². The lowest BCUT2D eigenvalue weighted by atomic mass is 10.0. The number of hydrogen-bond acceptors (Lipinski definition) is 5. The summed E-state index contributed by atoms with van der Waals surface area (Å²) < 4.78 is 8.09. The van der Waals surface area contributed by atoms with Crippen molar-refractivity contribution < 1.29 is 9.53 Å². The Kier molecular flexibility index (Phi) is 8.33. The van der Waals surface area contributed by atoms with E-state index in [2.05, 4.69) is 41.5 Å². The first kappa shape index (κ1) is 23.9. The maximum absolute atomic E-state index is 12.7. The number of thioether (sulfide) groups is 1. The Hall–Kier alpha value is -2.80. The van der Waals surface area contributed by atoms with E-state index in [1.807, 2.05) is 55.7 Å². The van der Waals surface area contributed by atoms with Gasteiger partial charge < -0.3 is 14.6 Å². The molecule has 0 radical (unpaired) electrons. The number of rotatable bonds is 10. The molecule has 6 nitrogen and oxygen atoms in total. The molecule has 1 atom stereocenters. The zero-order valence-corrected chi connectivity index (χ0v) is 20.3. The highest BCUT2D eigenvalue weighted by molar-refractivity contribution is 7.99. The number of anilines is 1. The van der Waals surface area contributed by atoms with E-state index in [0.29, 0.717) is 6.54 Å². The normalized spacial score (nSPS) is 11.9. The third-order valence-corrected chi connectivity index (χ3v) is 6.29. The highest BCUT2D eigenvalue weighted by Gasteiger charge is 2.20. The number of hydrogen-bond donors (Lipinski definition) is 1. The van der Waals surface area contributed by atoms with Gasteiger partial charge in [0.1, 0.15) is 5.75 Å². The van der Waals surface area contributed by atoms with E-state index in [0.717, 1.165) is 51.9 Å². The van der Waals surface area contributed by atoms with Gasteiger partial charge in [-0.3, -0.25) is 4.79 Å². The van der Waals surface area contributed by atoms with Crippen LogP contribution in [0.15, 0.2) is 47.6 Å². The molecule has 0 aliphatic carbocycles. The fourth-order valence-electron chi connectivity index (χ4n) is 3.66. The van der Waals surface area contributed by atoms with Crippen LogP contribution in [0.5, 0.6) is 5.75 Å². The summed E-state index contributed by atoms with van der Waals surface area (Å²) in [7, 11) is 0. The summed E-state index contributed by atoms with van der Waals surface area (Å²) in [4.78, 5) is 12.7. The number of benzene rings is 2. The highest BCUT2D eigenvalue weighted by atomic mass is 32.2. The molecule has 0 bridgehead atoms. The van der Waals surface area contributed by atoms with Gasteiger partial charge in [-0.05, 0) is 62.4 Å². The van der Waals surface area contributed by atoms with Gasteiger partial charge in [-0.15, -0.1) is 10.2 Å². The third-order valence-electron chi connectivity index (χ3n) is 5.32. The van der Waals surface area contributed by atoms with Crippen molar-refractivity contribution in [3.63, 3.8) is 0 Å². The minimum Gasteiger partial charge on any atom is -0.483 e. The molecule has 0 saturated heterocycles. The number of aromatic nitrogens is 3. The SMILES string of the molecule is CCc1cccc(CC)c1NC(=O)CSc1nnc(C(C)Oc2cccc(C)c2)n1CC. The van der Waals surface area contributed by atoms with E-state index in [1.165, 1.54) is 11.8 Å². The van der Waals surface area contributed by atoms with Crippen molar-refractivity contribution in [3.8, 4) is 5.75 Å². The predicted molar refractivity (Wildman–Crippen MR) is 130 cm³/mol. The number of nitrogens with one attached hydrogen (secondary N) is 1. The Morgan fingerprint density at radius 1 is 1.09 bits per heavy atom. The monoisotopic (exact) mass is 452 g/mol. The van der Waals surface area contributed by atoms with Gasteiger partial charge in [0.15, 0.2) is 17.1 Å². The molecule has 2 aromatic carbocycles. The Morgan fingerprint density at radius 2 is 1.78 bits per heavy atom. The Labute approximate surface area is 194 Å². The lowest BCUT2D eigenvalue weighted by Crippen LogP contribution is -2.17. The third kappa shape index (κ3) is 5.71. The number of nitrogens with zero attached hydrogens (tertiary/aromatic N) is 3. The van der Waals surface area contributed by atoms with Crippen LogP contribution in [0.2, 0.25) is 0 Å². The fourth-order valence-corrected chi connectivity index (χ4v) is 4.47. The van der Waals surface area contributed by atoms with Crippen LogP contribution in [0, 0.1) is 6.92 Å². The molecule has 3 aromatic rings. The largest absolute Gasteiger partial charge is 0.483 e. The standard InChI is InChI=1S/C25H32N4O2S/c1-6-19-12-10-13-20(7-2)23(19)26-22(30)16-32-25-28-27-24(29(25)8-3)18(5)31-21-14-9-11-17(4)15-21/h9-15,18H,6-8,16H2,1-5H3,(H,26,30). The van der Waals surface area contributed by atoms with Crippen molar-refractivity contribution >= 4 is 23.4 Å². The summed E-state index contributed by atoms with van der Waals surface area (Å²) in [6.45, 7) is 10.9. The van der Waals surface area contributed by atoms with Crippen LogP contribution in [0.4, 0.5) is 5.69 Å². The lowest BCUT2D eigenvalue weighted by Gasteiger charge is -2.16. The number of ether oxygens (including phenoxy) is 1. The van der Waals surface area contributed by atoms with Crippen LogP contribution in [0.1, 0.15) is 56.3 Å². The van der Waals surface area contributed by atoms with Gasteiger partial charge in [-0.25, -0.2) is 0 Å². The minimum atomic E-state index is -0.254. The van der Waals surface area contributed by atoms with E-state index in [4.69, 9.17) is 4.74 Å². The molecule has 0 spiro atoms. The lowest BCUT2D eigenvalue weighted by molar-refractivity contribution is -0.113. The molecule has 3 rings (SSSR count). The first-order chi connectivity index (χ1) is 15.5. The number of amides is 1. The summed E-state index contributed by atoms with van der Waals surface area (Å²) in [5, 5.41) is 12.5. The van der Waals surface area contributed by atoms with E-state index in [1.54, 1.807) is 0 Å². The van der Waals surface area contributed by atoms with Crippen LogP contribution in [0.25, 0.3) is 0 Å². The first-order valence-corrected chi connectivity index (χ1v) is 12.1. The number of aryl methyl sites for hydroxylation is 3. The molecular weight excluding hydrogens is 420 g/mol. The molecule has 7 heteroatoms. The topological polar surface area (TPSA) is 69.0 Å². The molecule has 0 fully saturated rings. The van der Waals surface area contributed by atoms with E-state index >= 15 is 0 Å². The van der Waals surface area contributed by atoms with Crippen LogP contribution < -0.4 is 10.1 Å². The summed E-state index contributed by atoms with van der Waals surface area (Å²) in [5.74, 6) is 1.79. The summed E-state index contributed by atoms with van der Waals surface area (Å²) in [6, 6.07) is 14.1. The molecular formula is C25H32N4O2S. The average Bonchev–Trinajstić information content (AvgIpc) is 3.21. The van der Waals surface area contributed by atoms with Gasteiger partial charge in [0.2, 0.25) is 5.91 Å². The summed E-state index contributed by atoms with van der Waals surface area (Å²) >= 11 is 1.39. The molecule has 0 aliphatic heterocycles. The molecule has 32 heavy (non-hydrogen) atoms. The van der Waals surface area contributed by atoms with Crippen LogP contribution in [-0.2, 0) is 24.2 Å². The number of carbonyl (C=O) groups is 1. The van der Waals surface area contributed by atoms with Gasteiger partial charge in [0.25, 0.3) is 0 Å². The van der Waals surface area contributed by atoms with Crippen LogP contribution >= 0.6 is 11.8 Å². The second kappa shape index (κ2) is 11.2. The van der Waals surface area contributed by atoms with Gasteiger partial charge in [-0.2, -0.15) is 0 Å². The van der Waals surface area contributed by atoms with Crippen LogP contribution in [0.3, 0.4) is 0 Å². The molecule has 1 aromatic heterocycles. The maximum atomic E-state index is 12.7. The van der Waals surface area contributed by atoms with Crippen molar-refractivity contribution in [1.82, 2.24) is 14.8 Å². The maximum Gasteiger partial charge on any atom is 0.234 e. The first-order valence-electron chi connectivity index (χ1n) is 11.2. The Morgan fingerprint density at radius 3 is 2.41 bits per heavy atom. The van der Waals surface area contributed by atoms with Crippen LogP contribution in [-0.4, -0.2) is 26.4 Å². The molecule has 170 valence electrons. The molecule has 1 heterocycles. The molecule has 0 saturated carbocycles. The Bertz CT molecular complexity index is 1040. The second-order valence-electron chi connectivity index (χ2n) is 7.66. The molecule has 1 N–H and O–H groups in total. The van der Waals surface area contributed by atoms with Crippen molar-refractivity contribution in [1.29, 1.82) is 0 Å². The summed E-state index contributed by atoms with van der Waals surface area (Å²) in [6.07, 6.45) is 1.50.